The number of thioether (sulfide) groups is 1. The lowest BCUT2D eigenvalue weighted by Gasteiger charge is -2.08. The fourth-order valence-corrected chi connectivity index (χ4v) is 4.01. The van der Waals surface area contributed by atoms with Gasteiger partial charge in [-0.3, -0.25) is 19.3 Å². The molecule has 21 heavy (non-hydrogen) atoms. The minimum absolute atomic E-state index is 0.229. The number of imide groups is 1. The van der Waals surface area contributed by atoms with Crippen molar-refractivity contribution >= 4 is 73.5 Å². The van der Waals surface area contributed by atoms with Crippen LogP contribution in [0.1, 0.15) is 11.1 Å². The molecule has 8 heteroatoms. The predicted octanol–water partition coefficient (Wildman–Crippen LogP) is 3.48. The molecule has 1 N–H and O–H groups in total. The molecule has 0 radical (unpaired) electrons. The third-order valence-corrected chi connectivity index (χ3v) is 5.62. The van der Waals surface area contributed by atoms with E-state index in [1.807, 2.05) is 19.1 Å². The van der Waals surface area contributed by atoms with Gasteiger partial charge in [0.25, 0.3) is 11.1 Å². The van der Waals surface area contributed by atoms with Crippen molar-refractivity contribution in [1.29, 1.82) is 0 Å². The largest absolute Gasteiger partial charge is 0.480 e. The van der Waals surface area contributed by atoms with Crippen LogP contribution in [-0.4, -0.2) is 33.7 Å². The number of aliphatic carboxylic acids is 1. The van der Waals surface area contributed by atoms with E-state index in [4.69, 9.17) is 5.11 Å². The molecule has 5 nitrogen and oxygen atoms in total. The number of hydrogen-bond acceptors (Lipinski definition) is 4. The average Bonchev–Trinajstić information content (AvgIpc) is 2.63. The van der Waals surface area contributed by atoms with Crippen LogP contribution in [0.25, 0.3) is 6.08 Å². The molecule has 1 aromatic rings. The zero-order valence-corrected chi connectivity index (χ0v) is 15.3. The Morgan fingerprint density at radius 1 is 1.48 bits per heavy atom. The van der Waals surface area contributed by atoms with Crippen LogP contribution in [0.3, 0.4) is 0 Å². The second kappa shape index (κ2) is 6.49. The molecule has 1 aromatic carbocycles. The third kappa shape index (κ3) is 3.67. The van der Waals surface area contributed by atoms with E-state index in [1.165, 1.54) is 0 Å². The van der Waals surface area contributed by atoms with Crippen LogP contribution in [0, 0.1) is 10.5 Å². The fraction of sp³-hybridized carbons (Fsp3) is 0.154. The lowest BCUT2D eigenvalue weighted by molar-refractivity contribution is -0.140. The molecule has 2 amide bonds. The van der Waals surface area contributed by atoms with Gasteiger partial charge in [0.2, 0.25) is 0 Å². The number of nitrogens with zero attached hydrogens (tertiary/aromatic N) is 1. The maximum absolute atomic E-state index is 12.0. The molecule has 0 saturated carbocycles. The van der Waals surface area contributed by atoms with Crippen molar-refractivity contribution in [2.45, 2.75) is 6.92 Å². The van der Waals surface area contributed by atoms with Gasteiger partial charge in [-0.1, -0.05) is 15.9 Å². The maximum atomic E-state index is 12.0. The first-order chi connectivity index (χ1) is 9.79. The molecule has 0 atom stereocenters. The van der Waals surface area contributed by atoms with Crippen molar-refractivity contribution < 1.29 is 19.5 Å². The van der Waals surface area contributed by atoms with E-state index in [1.54, 1.807) is 6.08 Å². The minimum Gasteiger partial charge on any atom is -0.480 e. The van der Waals surface area contributed by atoms with Crippen molar-refractivity contribution in [3.63, 3.8) is 0 Å². The Kier molecular flexibility index (Phi) is 5.10. The Balaban J connectivity index is 2.33. The molecule has 1 fully saturated rings. The van der Waals surface area contributed by atoms with Crippen molar-refractivity contribution in [1.82, 2.24) is 4.90 Å². The van der Waals surface area contributed by atoms with Crippen molar-refractivity contribution in [2.24, 2.45) is 0 Å². The SMILES string of the molecule is Cc1c(Br)cc(/C=C2\SC(=O)N(CC(=O)O)C2=O)cc1I. The molecule has 1 saturated heterocycles. The molecule has 2 rings (SSSR count). The van der Waals surface area contributed by atoms with Gasteiger partial charge in [0.05, 0.1) is 4.91 Å². The molecule has 1 aliphatic heterocycles. The Bertz CT molecular complexity index is 666. The highest BCUT2D eigenvalue weighted by molar-refractivity contribution is 14.1. The normalized spacial score (nSPS) is 16.9. The van der Waals surface area contributed by atoms with Gasteiger partial charge in [0, 0.05) is 8.04 Å². The maximum Gasteiger partial charge on any atom is 0.323 e. The second-order valence-electron chi connectivity index (χ2n) is 4.27. The second-order valence-corrected chi connectivity index (χ2v) is 7.28. The van der Waals surface area contributed by atoms with Gasteiger partial charge < -0.3 is 5.11 Å². The number of amides is 2. The van der Waals surface area contributed by atoms with E-state index >= 15 is 0 Å². The summed E-state index contributed by atoms with van der Waals surface area (Å²) in [5.41, 5.74) is 1.87. The summed E-state index contributed by atoms with van der Waals surface area (Å²) in [6, 6.07) is 3.74. The Hall–Kier alpha value is -0.870. The van der Waals surface area contributed by atoms with Gasteiger partial charge in [-0.05, 0) is 70.6 Å². The first-order valence-electron chi connectivity index (χ1n) is 5.72. The predicted molar refractivity (Wildman–Crippen MR) is 91.9 cm³/mol. The van der Waals surface area contributed by atoms with E-state index in [0.29, 0.717) is 0 Å². The Morgan fingerprint density at radius 2 is 2.14 bits per heavy atom. The summed E-state index contributed by atoms with van der Waals surface area (Å²) in [5.74, 6) is -1.79. The van der Waals surface area contributed by atoms with Crippen molar-refractivity contribution in [3.05, 3.63) is 36.2 Å². The van der Waals surface area contributed by atoms with E-state index < -0.39 is 23.7 Å². The van der Waals surface area contributed by atoms with Gasteiger partial charge in [-0.15, -0.1) is 0 Å². The summed E-state index contributed by atoms with van der Waals surface area (Å²) in [4.78, 5) is 35.3. The van der Waals surface area contributed by atoms with Gasteiger partial charge in [-0.2, -0.15) is 0 Å². The molecule has 110 valence electrons. The number of carboxylic acid groups (broad SMARTS) is 1. The summed E-state index contributed by atoms with van der Waals surface area (Å²) in [7, 11) is 0. The van der Waals surface area contributed by atoms with Crippen LogP contribution in [0.5, 0.6) is 0 Å². The Labute approximate surface area is 147 Å². The van der Waals surface area contributed by atoms with Gasteiger partial charge >= 0.3 is 5.97 Å². The zero-order chi connectivity index (χ0) is 15.7. The van der Waals surface area contributed by atoms with Crippen LogP contribution in [-0.2, 0) is 9.59 Å². The topological polar surface area (TPSA) is 74.7 Å². The lowest BCUT2D eigenvalue weighted by Crippen LogP contribution is -2.33. The number of benzene rings is 1. The number of carboxylic acids is 1. The average molecular weight is 482 g/mol. The number of carbonyl (C=O) groups excluding carboxylic acids is 2. The summed E-state index contributed by atoms with van der Waals surface area (Å²) >= 11 is 6.37. The standard InChI is InChI=1S/C13H9BrINO4S/c1-6-8(14)2-7(3-9(6)15)4-10-12(19)16(5-11(17)18)13(20)21-10/h2-4H,5H2,1H3,(H,17,18)/b10-4-. The fourth-order valence-electron chi connectivity index (χ4n) is 1.67. The van der Waals surface area contributed by atoms with E-state index in [9.17, 15) is 14.4 Å². The highest BCUT2D eigenvalue weighted by Crippen LogP contribution is 2.33. The van der Waals surface area contributed by atoms with Crippen LogP contribution in [0.4, 0.5) is 4.79 Å². The van der Waals surface area contributed by atoms with Crippen LogP contribution < -0.4 is 0 Å². The molecule has 0 bridgehead atoms. The first-order valence-corrected chi connectivity index (χ1v) is 8.41. The molecular weight excluding hydrogens is 473 g/mol. The summed E-state index contributed by atoms with van der Waals surface area (Å²) in [6.45, 7) is 1.35. The number of halogens is 2. The number of hydrogen-bond donors (Lipinski definition) is 1. The third-order valence-electron chi connectivity index (χ3n) is 2.77. The van der Waals surface area contributed by atoms with Gasteiger partial charge in [0.15, 0.2) is 0 Å². The quantitative estimate of drug-likeness (QED) is 0.528. The molecule has 1 aliphatic rings. The van der Waals surface area contributed by atoms with Crippen LogP contribution >= 0.6 is 50.3 Å². The molecular formula is C13H9BrINO4S. The first kappa shape index (κ1) is 16.5. The molecule has 0 aromatic heterocycles. The Morgan fingerprint density at radius 3 is 2.71 bits per heavy atom. The molecule has 1 heterocycles. The summed E-state index contributed by atoms with van der Waals surface area (Å²) in [6.07, 6.45) is 1.60. The smallest absolute Gasteiger partial charge is 0.323 e. The monoisotopic (exact) mass is 481 g/mol. The highest BCUT2D eigenvalue weighted by atomic mass is 127. The van der Waals surface area contributed by atoms with E-state index in [-0.39, 0.29) is 4.91 Å². The summed E-state index contributed by atoms with van der Waals surface area (Å²) in [5, 5.41) is 8.15. The molecule has 0 unspecified atom stereocenters. The van der Waals surface area contributed by atoms with Crippen LogP contribution in [0.15, 0.2) is 21.5 Å². The number of carbonyl (C=O) groups is 3. The van der Waals surface area contributed by atoms with Gasteiger partial charge in [-0.25, -0.2) is 0 Å². The lowest BCUT2D eigenvalue weighted by atomic mass is 10.1. The molecule has 0 spiro atoms. The van der Waals surface area contributed by atoms with Gasteiger partial charge in [0.1, 0.15) is 6.54 Å². The summed E-state index contributed by atoms with van der Waals surface area (Å²) < 4.78 is 1.93. The van der Waals surface area contributed by atoms with E-state index in [0.717, 1.165) is 35.8 Å². The van der Waals surface area contributed by atoms with Crippen molar-refractivity contribution in [2.75, 3.05) is 6.54 Å². The highest BCUT2D eigenvalue weighted by Gasteiger charge is 2.36. The zero-order valence-electron chi connectivity index (χ0n) is 10.7. The van der Waals surface area contributed by atoms with Crippen molar-refractivity contribution in [3.8, 4) is 0 Å². The molecule has 0 aliphatic carbocycles. The number of rotatable bonds is 3. The minimum atomic E-state index is -1.22. The van der Waals surface area contributed by atoms with Crippen LogP contribution in [0.2, 0.25) is 0 Å². The van der Waals surface area contributed by atoms with E-state index in [2.05, 4.69) is 38.5 Å².